The maximum atomic E-state index is 13.9. The summed E-state index contributed by atoms with van der Waals surface area (Å²) in [5.74, 6) is -0.133. The van der Waals surface area contributed by atoms with Crippen molar-refractivity contribution in [2.24, 2.45) is 7.05 Å². The van der Waals surface area contributed by atoms with Crippen molar-refractivity contribution in [3.05, 3.63) is 35.3 Å². The highest BCUT2D eigenvalue weighted by molar-refractivity contribution is 5.38. The zero-order valence-electron chi connectivity index (χ0n) is 10.7. The molecule has 0 aliphatic heterocycles. The quantitative estimate of drug-likeness (QED) is 0.898. The van der Waals surface area contributed by atoms with E-state index in [9.17, 15) is 4.39 Å². The molecule has 2 heterocycles. The van der Waals surface area contributed by atoms with Gasteiger partial charge in [0.2, 0.25) is 0 Å². The number of halogens is 1. The molecule has 1 N–H and O–H groups in total. The van der Waals surface area contributed by atoms with Gasteiger partial charge in [-0.05, 0) is 13.3 Å². The molecule has 0 aliphatic carbocycles. The topological polar surface area (TPSA) is 55.6 Å². The number of aryl methyl sites for hydroxylation is 2. The van der Waals surface area contributed by atoms with Gasteiger partial charge in [0.15, 0.2) is 11.6 Å². The van der Waals surface area contributed by atoms with Crippen LogP contribution in [-0.4, -0.2) is 19.7 Å². The molecule has 0 fully saturated rings. The highest BCUT2D eigenvalue weighted by Crippen LogP contribution is 2.15. The monoisotopic (exact) mass is 249 g/mol. The Kier molecular flexibility index (Phi) is 3.55. The van der Waals surface area contributed by atoms with Crippen LogP contribution in [0, 0.1) is 12.7 Å². The van der Waals surface area contributed by atoms with E-state index in [1.54, 1.807) is 10.9 Å². The summed E-state index contributed by atoms with van der Waals surface area (Å²) in [6.45, 7) is 4.33. The first-order valence-corrected chi connectivity index (χ1v) is 5.84. The Morgan fingerprint density at radius 1 is 1.39 bits per heavy atom. The van der Waals surface area contributed by atoms with E-state index in [2.05, 4.69) is 20.4 Å². The molecule has 0 saturated heterocycles. The highest BCUT2D eigenvalue weighted by Gasteiger charge is 2.10. The van der Waals surface area contributed by atoms with E-state index in [1.807, 2.05) is 20.9 Å². The number of hydrogen-bond acceptors (Lipinski definition) is 4. The lowest BCUT2D eigenvalue weighted by Crippen LogP contribution is -2.07. The predicted octanol–water partition coefficient (Wildman–Crippen LogP) is 1.83. The summed E-state index contributed by atoms with van der Waals surface area (Å²) in [6, 6.07) is 0. The highest BCUT2D eigenvalue weighted by atomic mass is 19.1. The van der Waals surface area contributed by atoms with Crippen LogP contribution in [0.4, 0.5) is 10.2 Å². The Morgan fingerprint density at radius 3 is 2.78 bits per heavy atom. The number of rotatable bonds is 4. The fourth-order valence-corrected chi connectivity index (χ4v) is 1.67. The first-order chi connectivity index (χ1) is 8.63. The van der Waals surface area contributed by atoms with Crippen LogP contribution < -0.4 is 5.32 Å². The lowest BCUT2D eigenvalue weighted by atomic mass is 10.2. The summed E-state index contributed by atoms with van der Waals surface area (Å²) in [6.07, 6.45) is 3.69. The van der Waals surface area contributed by atoms with Gasteiger partial charge in [-0.2, -0.15) is 5.10 Å². The first-order valence-electron chi connectivity index (χ1n) is 5.84. The van der Waals surface area contributed by atoms with E-state index in [4.69, 9.17) is 0 Å². The van der Waals surface area contributed by atoms with Crippen LogP contribution in [0.1, 0.15) is 23.9 Å². The molecule has 6 heteroatoms. The smallest absolute Gasteiger partial charge is 0.186 e. The van der Waals surface area contributed by atoms with Gasteiger partial charge in [0.25, 0.3) is 0 Å². The third kappa shape index (κ3) is 2.32. The molecule has 0 aromatic carbocycles. The van der Waals surface area contributed by atoms with Gasteiger partial charge in [-0.1, -0.05) is 6.92 Å². The van der Waals surface area contributed by atoms with Crippen LogP contribution in [0.25, 0.3) is 0 Å². The minimum absolute atomic E-state index is 0.241. The Hall–Kier alpha value is -1.98. The van der Waals surface area contributed by atoms with Crippen molar-refractivity contribution in [2.45, 2.75) is 26.8 Å². The maximum absolute atomic E-state index is 13.9. The van der Waals surface area contributed by atoms with E-state index in [1.165, 1.54) is 6.33 Å². The average Bonchev–Trinajstić information content (AvgIpc) is 2.69. The van der Waals surface area contributed by atoms with E-state index < -0.39 is 0 Å². The van der Waals surface area contributed by atoms with Crippen molar-refractivity contribution in [2.75, 3.05) is 5.32 Å². The summed E-state index contributed by atoms with van der Waals surface area (Å²) in [4.78, 5) is 7.81. The molecular formula is C12H16FN5. The molecule has 0 saturated carbocycles. The van der Waals surface area contributed by atoms with Gasteiger partial charge >= 0.3 is 0 Å². The van der Waals surface area contributed by atoms with Crippen molar-refractivity contribution in [1.82, 2.24) is 19.7 Å². The van der Waals surface area contributed by atoms with Gasteiger partial charge < -0.3 is 5.32 Å². The normalized spacial score (nSPS) is 10.7. The summed E-state index contributed by atoms with van der Waals surface area (Å²) in [7, 11) is 1.87. The number of nitrogens with zero attached hydrogens (tertiary/aromatic N) is 4. The summed E-state index contributed by atoms with van der Waals surface area (Å²) >= 11 is 0. The fourth-order valence-electron chi connectivity index (χ4n) is 1.67. The van der Waals surface area contributed by atoms with Crippen molar-refractivity contribution in [3.63, 3.8) is 0 Å². The van der Waals surface area contributed by atoms with Crippen molar-refractivity contribution >= 4 is 5.82 Å². The number of anilines is 1. The Balaban J connectivity index is 2.13. The SMILES string of the molecule is CCc1ncnc(NCc2cnn(C)c2C)c1F. The number of nitrogens with one attached hydrogen (secondary N) is 1. The first kappa shape index (κ1) is 12.5. The second-order valence-electron chi connectivity index (χ2n) is 4.07. The molecule has 2 aromatic heterocycles. The van der Waals surface area contributed by atoms with Gasteiger partial charge in [0.1, 0.15) is 6.33 Å². The molecule has 0 radical (unpaired) electrons. The molecular weight excluding hydrogens is 233 g/mol. The fraction of sp³-hybridized carbons (Fsp3) is 0.417. The summed E-state index contributed by atoms with van der Waals surface area (Å²) in [5.41, 5.74) is 2.50. The van der Waals surface area contributed by atoms with Crippen molar-refractivity contribution < 1.29 is 4.39 Å². The third-order valence-corrected chi connectivity index (χ3v) is 2.98. The predicted molar refractivity (Wildman–Crippen MR) is 66.6 cm³/mol. The van der Waals surface area contributed by atoms with Gasteiger partial charge in [-0.25, -0.2) is 14.4 Å². The molecule has 2 rings (SSSR count). The molecule has 0 unspecified atom stereocenters. The van der Waals surface area contributed by atoms with Crippen molar-refractivity contribution in [3.8, 4) is 0 Å². The molecule has 0 bridgehead atoms. The molecule has 96 valence electrons. The Bertz CT molecular complexity index is 549. The van der Waals surface area contributed by atoms with Crippen LogP contribution in [0.3, 0.4) is 0 Å². The molecule has 0 spiro atoms. The van der Waals surface area contributed by atoms with Gasteiger partial charge in [-0.3, -0.25) is 4.68 Å². The van der Waals surface area contributed by atoms with Gasteiger partial charge in [0.05, 0.1) is 11.9 Å². The minimum atomic E-state index is -0.374. The summed E-state index contributed by atoms with van der Waals surface area (Å²) < 4.78 is 15.7. The van der Waals surface area contributed by atoms with Gasteiger partial charge in [-0.15, -0.1) is 0 Å². The molecule has 0 aliphatic rings. The standard InChI is InChI=1S/C12H16FN5/c1-4-10-11(13)12(16-7-15-10)14-5-9-6-17-18(3)8(9)2/h6-7H,4-5H2,1-3H3,(H,14,15,16). The zero-order valence-corrected chi connectivity index (χ0v) is 10.7. The number of hydrogen-bond donors (Lipinski definition) is 1. The second-order valence-corrected chi connectivity index (χ2v) is 4.07. The zero-order chi connectivity index (χ0) is 13.1. The summed E-state index contributed by atoms with van der Waals surface area (Å²) in [5, 5.41) is 7.11. The van der Waals surface area contributed by atoms with Crippen molar-refractivity contribution in [1.29, 1.82) is 0 Å². The number of aromatic nitrogens is 4. The third-order valence-electron chi connectivity index (χ3n) is 2.98. The minimum Gasteiger partial charge on any atom is -0.363 e. The van der Waals surface area contributed by atoms with Crippen LogP contribution in [-0.2, 0) is 20.0 Å². The van der Waals surface area contributed by atoms with Gasteiger partial charge in [0, 0.05) is 24.8 Å². The van der Waals surface area contributed by atoms with E-state index >= 15 is 0 Å². The molecule has 2 aromatic rings. The van der Waals surface area contributed by atoms with E-state index in [-0.39, 0.29) is 11.6 Å². The van der Waals surface area contributed by atoms with Crippen LogP contribution in [0.15, 0.2) is 12.5 Å². The molecule has 0 atom stereocenters. The lowest BCUT2D eigenvalue weighted by Gasteiger charge is -2.07. The molecule has 18 heavy (non-hydrogen) atoms. The Labute approximate surface area is 105 Å². The van der Waals surface area contributed by atoms with Crippen LogP contribution >= 0.6 is 0 Å². The molecule has 5 nitrogen and oxygen atoms in total. The average molecular weight is 249 g/mol. The largest absolute Gasteiger partial charge is 0.363 e. The second kappa shape index (κ2) is 5.12. The maximum Gasteiger partial charge on any atom is 0.186 e. The van der Waals surface area contributed by atoms with Crippen LogP contribution in [0.5, 0.6) is 0 Å². The molecule has 0 amide bonds. The van der Waals surface area contributed by atoms with Crippen LogP contribution in [0.2, 0.25) is 0 Å². The lowest BCUT2D eigenvalue weighted by molar-refractivity contribution is 0.596. The van der Waals surface area contributed by atoms with E-state index in [0.29, 0.717) is 18.7 Å². The Morgan fingerprint density at radius 2 is 2.17 bits per heavy atom. The van der Waals surface area contributed by atoms with E-state index in [0.717, 1.165) is 11.3 Å².